The molecular formula is C15H17NO5S. The van der Waals surface area contributed by atoms with E-state index in [2.05, 4.69) is 4.72 Å². The number of anilines is 1. The van der Waals surface area contributed by atoms with Crippen molar-refractivity contribution in [1.29, 1.82) is 0 Å². The molecule has 0 spiro atoms. The van der Waals surface area contributed by atoms with Crippen molar-refractivity contribution in [2.75, 3.05) is 4.72 Å². The lowest BCUT2D eigenvalue weighted by Gasteiger charge is -2.09. The highest BCUT2D eigenvalue weighted by Gasteiger charge is 2.19. The highest BCUT2D eigenvalue weighted by Crippen LogP contribution is 2.21. The molecule has 0 saturated carbocycles. The molecule has 0 unspecified atom stereocenters. The second kappa shape index (κ2) is 6.23. The number of sulfonamides is 1. The van der Waals surface area contributed by atoms with E-state index in [0.29, 0.717) is 29.9 Å². The van der Waals surface area contributed by atoms with Crippen molar-refractivity contribution in [2.45, 2.75) is 31.8 Å². The predicted molar refractivity (Wildman–Crippen MR) is 81.7 cm³/mol. The molecule has 0 aliphatic carbocycles. The summed E-state index contributed by atoms with van der Waals surface area (Å²) in [4.78, 5) is 11.1. The van der Waals surface area contributed by atoms with Gasteiger partial charge in [-0.1, -0.05) is 13.8 Å². The fourth-order valence-corrected chi connectivity index (χ4v) is 3.06. The number of hydrogen-bond acceptors (Lipinski definition) is 4. The zero-order valence-corrected chi connectivity index (χ0v) is 13.1. The number of carbonyl (C=O) groups is 1. The van der Waals surface area contributed by atoms with Gasteiger partial charge < -0.3 is 9.52 Å². The first kappa shape index (κ1) is 16.1. The van der Waals surface area contributed by atoms with Crippen LogP contribution in [0.4, 0.5) is 5.69 Å². The Labute approximate surface area is 128 Å². The number of aromatic carboxylic acids is 1. The maximum absolute atomic E-state index is 12.2. The van der Waals surface area contributed by atoms with E-state index in [0.717, 1.165) is 0 Å². The molecule has 0 atom stereocenters. The number of nitrogens with one attached hydrogen (secondary N) is 1. The van der Waals surface area contributed by atoms with Crippen LogP contribution in [0.2, 0.25) is 0 Å². The van der Waals surface area contributed by atoms with Crippen LogP contribution >= 0.6 is 0 Å². The topological polar surface area (TPSA) is 96.6 Å². The van der Waals surface area contributed by atoms with Crippen molar-refractivity contribution < 1.29 is 22.7 Å². The van der Waals surface area contributed by atoms with Crippen LogP contribution in [-0.4, -0.2) is 19.5 Å². The van der Waals surface area contributed by atoms with Crippen molar-refractivity contribution in [3.8, 4) is 0 Å². The van der Waals surface area contributed by atoms with Gasteiger partial charge in [0, 0.05) is 12.1 Å². The summed E-state index contributed by atoms with van der Waals surface area (Å²) >= 11 is 0. The molecule has 2 aromatic rings. The summed E-state index contributed by atoms with van der Waals surface area (Å²) in [6.45, 7) is 3.67. The molecule has 0 fully saturated rings. The van der Waals surface area contributed by atoms with E-state index < -0.39 is 16.0 Å². The van der Waals surface area contributed by atoms with E-state index >= 15 is 0 Å². The Kier molecular flexibility index (Phi) is 4.56. The minimum atomic E-state index is -3.82. The quantitative estimate of drug-likeness (QED) is 0.852. The molecule has 0 amide bonds. The molecule has 0 radical (unpaired) electrons. The number of benzene rings is 1. The number of carboxylic acid groups (broad SMARTS) is 1. The van der Waals surface area contributed by atoms with Gasteiger partial charge >= 0.3 is 5.97 Å². The van der Waals surface area contributed by atoms with Crippen LogP contribution in [0.5, 0.6) is 0 Å². The maximum Gasteiger partial charge on any atom is 0.335 e. The number of furan rings is 1. The van der Waals surface area contributed by atoms with Crippen LogP contribution < -0.4 is 4.72 Å². The predicted octanol–water partition coefficient (Wildman–Crippen LogP) is 2.90. The molecule has 7 heteroatoms. The summed E-state index contributed by atoms with van der Waals surface area (Å²) in [6, 6.07) is 7.33. The molecular weight excluding hydrogens is 306 g/mol. The molecule has 1 heterocycles. The van der Waals surface area contributed by atoms with Gasteiger partial charge in [0.1, 0.15) is 5.76 Å². The average molecular weight is 323 g/mol. The van der Waals surface area contributed by atoms with E-state index in [1.807, 2.05) is 6.92 Å². The number of hydrogen-bond donors (Lipinski definition) is 2. The zero-order valence-electron chi connectivity index (χ0n) is 12.3. The summed E-state index contributed by atoms with van der Waals surface area (Å²) in [5.74, 6) is -0.458. The third kappa shape index (κ3) is 3.30. The third-order valence-electron chi connectivity index (χ3n) is 3.22. The Balaban J connectivity index is 2.31. The normalized spacial score (nSPS) is 11.4. The summed E-state index contributed by atoms with van der Waals surface area (Å²) in [5.41, 5.74) is 1.02. The molecule has 2 rings (SSSR count). The first-order valence-corrected chi connectivity index (χ1v) is 8.33. The van der Waals surface area contributed by atoms with Crippen molar-refractivity contribution in [2.24, 2.45) is 0 Å². The van der Waals surface area contributed by atoms with Crippen molar-refractivity contribution in [3.05, 3.63) is 47.2 Å². The average Bonchev–Trinajstić information content (AvgIpc) is 2.96. The summed E-state index contributed by atoms with van der Waals surface area (Å²) in [5, 5.41) is 8.91. The second-order valence-corrected chi connectivity index (χ2v) is 6.32. The summed E-state index contributed by atoms with van der Waals surface area (Å²) < 4.78 is 32.1. The molecule has 0 saturated heterocycles. The standard InChI is InChI=1S/C15H17NO5S/c1-3-10-9-11(5-7-13(10)15(17)18)16-22(19,20)14-8-6-12(4-2)21-14/h5-9,16H,3-4H2,1-2H3,(H,17,18). The Morgan fingerprint density at radius 2 is 1.91 bits per heavy atom. The van der Waals surface area contributed by atoms with E-state index in [4.69, 9.17) is 9.52 Å². The molecule has 2 N–H and O–H groups in total. The summed E-state index contributed by atoms with van der Waals surface area (Å²) in [6.07, 6.45) is 1.08. The monoisotopic (exact) mass is 323 g/mol. The SMILES string of the molecule is CCc1ccc(S(=O)(=O)Nc2ccc(C(=O)O)c(CC)c2)o1. The summed E-state index contributed by atoms with van der Waals surface area (Å²) in [7, 11) is -3.82. The van der Waals surface area contributed by atoms with Gasteiger partial charge in [-0.05, 0) is 42.3 Å². The fraction of sp³-hybridized carbons (Fsp3) is 0.267. The van der Waals surface area contributed by atoms with Gasteiger partial charge in [0.25, 0.3) is 10.0 Å². The molecule has 0 aliphatic rings. The minimum Gasteiger partial charge on any atom is -0.478 e. The Bertz CT molecular complexity index is 792. The van der Waals surface area contributed by atoms with Crippen molar-refractivity contribution in [1.82, 2.24) is 0 Å². The van der Waals surface area contributed by atoms with Gasteiger partial charge in [0.05, 0.1) is 5.56 Å². The second-order valence-electron chi connectivity index (χ2n) is 4.71. The van der Waals surface area contributed by atoms with Crippen LogP contribution in [-0.2, 0) is 22.9 Å². The van der Waals surface area contributed by atoms with Crippen molar-refractivity contribution in [3.63, 3.8) is 0 Å². The first-order chi connectivity index (χ1) is 10.4. The Morgan fingerprint density at radius 1 is 1.18 bits per heavy atom. The van der Waals surface area contributed by atoms with Crippen LogP contribution in [0.1, 0.15) is 35.5 Å². The lowest BCUT2D eigenvalue weighted by molar-refractivity contribution is 0.0696. The lowest BCUT2D eigenvalue weighted by Crippen LogP contribution is -2.13. The van der Waals surface area contributed by atoms with E-state index in [9.17, 15) is 13.2 Å². The molecule has 1 aromatic heterocycles. The fourth-order valence-electron chi connectivity index (χ4n) is 2.06. The molecule has 1 aromatic carbocycles. The van der Waals surface area contributed by atoms with Crippen LogP contribution in [0.3, 0.4) is 0 Å². The highest BCUT2D eigenvalue weighted by molar-refractivity contribution is 7.92. The van der Waals surface area contributed by atoms with Crippen LogP contribution in [0.15, 0.2) is 39.8 Å². The smallest absolute Gasteiger partial charge is 0.335 e. The Morgan fingerprint density at radius 3 is 2.45 bits per heavy atom. The Hall–Kier alpha value is -2.28. The maximum atomic E-state index is 12.2. The molecule has 0 bridgehead atoms. The molecule has 118 valence electrons. The first-order valence-electron chi connectivity index (χ1n) is 6.85. The minimum absolute atomic E-state index is 0.162. The van der Waals surface area contributed by atoms with Gasteiger partial charge in [-0.25, -0.2) is 4.79 Å². The molecule has 22 heavy (non-hydrogen) atoms. The van der Waals surface area contributed by atoms with Gasteiger partial charge in [0.15, 0.2) is 0 Å². The van der Waals surface area contributed by atoms with E-state index in [-0.39, 0.29) is 10.7 Å². The molecule has 6 nitrogen and oxygen atoms in total. The van der Waals surface area contributed by atoms with Gasteiger partial charge in [-0.15, -0.1) is 0 Å². The molecule has 0 aliphatic heterocycles. The van der Waals surface area contributed by atoms with E-state index in [1.165, 1.54) is 24.3 Å². The van der Waals surface area contributed by atoms with Crippen LogP contribution in [0, 0.1) is 0 Å². The number of rotatable bonds is 6. The third-order valence-corrected chi connectivity index (χ3v) is 4.47. The lowest BCUT2D eigenvalue weighted by atomic mass is 10.0. The van der Waals surface area contributed by atoms with Gasteiger partial charge in [0.2, 0.25) is 5.09 Å². The number of carboxylic acids is 1. The van der Waals surface area contributed by atoms with Crippen molar-refractivity contribution >= 4 is 21.7 Å². The number of aryl methyl sites for hydroxylation is 2. The van der Waals surface area contributed by atoms with Gasteiger partial charge in [-0.2, -0.15) is 8.42 Å². The van der Waals surface area contributed by atoms with Crippen LogP contribution in [0.25, 0.3) is 0 Å². The zero-order chi connectivity index (χ0) is 16.3. The largest absolute Gasteiger partial charge is 0.478 e. The highest BCUT2D eigenvalue weighted by atomic mass is 32.2. The van der Waals surface area contributed by atoms with Gasteiger partial charge in [-0.3, -0.25) is 4.72 Å². The van der Waals surface area contributed by atoms with E-state index in [1.54, 1.807) is 13.0 Å².